The van der Waals surface area contributed by atoms with Gasteiger partial charge in [-0.1, -0.05) is 0 Å². The fourth-order valence-electron chi connectivity index (χ4n) is 2.23. The van der Waals surface area contributed by atoms with Gasteiger partial charge in [0.25, 0.3) is 5.91 Å². The summed E-state index contributed by atoms with van der Waals surface area (Å²) in [6, 6.07) is 10.9. The van der Waals surface area contributed by atoms with Gasteiger partial charge in [0.1, 0.15) is 11.4 Å². The molecule has 0 saturated carbocycles. The third-order valence-electron chi connectivity index (χ3n) is 3.45. The van der Waals surface area contributed by atoms with Crippen molar-refractivity contribution in [3.8, 4) is 11.7 Å². The standard InChI is InChI=1S/C17H18N6O2/c1-25-17-13(5-4-8-20-17)16(24)19-10-9-18-14-6-7-15(22-21-14)23-11-2-3-12-23/h2-8,11-12H,9-10H2,1H3,(H,18,21)(H,19,24). The largest absolute Gasteiger partial charge is 0.480 e. The van der Waals surface area contributed by atoms with E-state index in [-0.39, 0.29) is 5.91 Å². The van der Waals surface area contributed by atoms with Gasteiger partial charge < -0.3 is 19.9 Å². The van der Waals surface area contributed by atoms with Crippen LogP contribution in [0.15, 0.2) is 55.0 Å². The van der Waals surface area contributed by atoms with Gasteiger partial charge >= 0.3 is 0 Å². The lowest BCUT2D eigenvalue weighted by Gasteiger charge is -2.09. The summed E-state index contributed by atoms with van der Waals surface area (Å²) in [6.07, 6.45) is 5.38. The Morgan fingerprint density at radius 1 is 1.12 bits per heavy atom. The molecule has 128 valence electrons. The number of aromatic nitrogens is 4. The van der Waals surface area contributed by atoms with Crippen molar-refractivity contribution in [3.63, 3.8) is 0 Å². The first kappa shape index (κ1) is 16.4. The van der Waals surface area contributed by atoms with Gasteiger partial charge in [0.2, 0.25) is 5.88 Å². The van der Waals surface area contributed by atoms with Gasteiger partial charge in [-0.3, -0.25) is 4.79 Å². The van der Waals surface area contributed by atoms with E-state index in [0.717, 1.165) is 5.82 Å². The van der Waals surface area contributed by atoms with E-state index in [4.69, 9.17) is 4.74 Å². The molecule has 0 bridgehead atoms. The summed E-state index contributed by atoms with van der Waals surface area (Å²) in [5.74, 6) is 1.46. The molecule has 2 N–H and O–H groups in total. The average molecular weight is 338 g/mol. The zero-order valence-electron chi connectivity index (χ0n) is 13.7. The molecule has 0 atom stereocenters. The van der Waals surface area contributed by atoms with Gasteiger partial charge in [-0.05, 0) is 36.4 Å². The monoisotopic (exact) mass is 338 g/mol. The number of hydrogen-bond acceptors (Lipinski definition) is 6. The predicted octanol–water partition coefficient (Wildman–Crippen LogP) is 1.51. The van der Waals surface area contributed by atoms with Crippen LogP contribution in [0.5, 0.6) is 5.88 Å². The number of rotatable bonds is 7. The van der Waals surface area contributed by atoms with Crippen molar-refractivity contribution in [2.75, 3.05) is 25.5 Å². The summed E-state index contributed by atoms with van der Waals surface area (Å²) in [4.78, 5) is 16.1. The molecule has 3 rings (SSSR count). The molecule has 0 radical (unpaired) electrons. The van der Waals surface area contributed by atoms with E-state index in [0.29, 0.717) is 30.4 Å². The Balaban J connectivity index is 1.47. The maximum absolute atomic E-state index is 12.1. The molecule has 0 saturated heterocycles. The first-order chi connectivity index (χ1) is 12.3. The molecule has 0 aliphatic heterocycles. The van der Waals surface area contributed by atoms with E-state index in [1.807, 2.05) is 41.2 Å². The minimum atomic E-state index is -0.235. The van der Waals surface area contributed by atoms with Crippen LogP contribution in [0.3, 0.4) is 0 Å². The summed E-state index contributed by atoms with van der Waals surface area (Å²) >= 11 is 0. The molecule has 0 unspecified atom stereocenters. The van der Waals surface area contributed by atoms with Crippen LogP contribution < -0.4 is 15.4 Å². The highest BCUT2D eigenvalue weighted by atomic mass is 16.5. The van der Waals surface area contributed by atoms with Crippen LogP contribution in [0, 0.1) is 0 Å². The van der Waals surface area contributed by atoms with Gasteiger partial charge in [0.15, 0.2) is 5.82 Å². The van der Waals surface area contributed by atoms with E-state index in [2.05, 4.69) is 25.8 Å². The molecule has 0 fully saturated rings. The number of carbonyl (C=O) groups excluding carboxylic acids is 1. The maximum atomic E-state index is 12.1. The Morgan fingerprint density at radius 3 is 2.68 bits per heavy atom. The Labute approximate surface area is 144 Å². The number of amides is 1. The number of hydrogen-bond donors (Lipinski definition) is 2. The van der Waals surface area contributed by atoms with Crippen LogP contribution >= 0.6 is 0 Å². The predicted molar refractivity (Wildman–Crippen MR) is 93.0 cm³/mol. The topological polar surface area (TPSA) is 94.0 Å². The number of ether oxygens (including phenoxy) is 1. The molecule has 25 heavy (non-hydrogen) atoms. The number of carbonyl (C=O) groups is 1. The van der Waals surface area contributed by atoms with Gasteiger partial charge in [-0.2, -0.15) is 0 Å². The highest BCUT2D eigenvalue weighted by molar-refractivity contribution is 5.96. The molecule has 0 aliphatic carbocycles. The first-order valence-electron chi connectivity index (χ1n) is 7.76. The van der Waals surface area contributed by atoms with Gasteiger partial charge in [-0.15, -0.1) is 10.2 Å². The third-order valence-corrected chi connectivity index (χ3v) is 3.45. The molecule has 0 spiro atoms. The van der Waals surface area contributed by atoms with Crippen LogP contribution in [-0.4, -0.2) is 45.9 Å². The Hall–Kier alpha value is -3.42. The molecular formula is C17H18N6O2. The number of pyridine rings is 1. The lowest BCUT2D eigenvalue weighted by molar-refractivity contribution is 0.0951. The highest BCUT2D eigenvalue weighted by Gasteiger charge is 2.11. The Morgan fingerprint density at radius 2 is 1.96 bits per heavy atom. The molecule has 8 heteroatoms. The lowest BCUT2D eigenvalue weighted by atomic mass is 10.2. The Kier molecular flexibility index (Phi) is 5.20. The van der Waals surface area contributed by atoms with Crippen LogP contribution in [0.1, 0.15) is 10.4 Å². The van der Waals surface area contributed by atoms with Crippen molar-refractivity contribution in [1.29, 1.82) is 0 Å². The quantitative estimate of drug-likeness (QED) is 0.634. The van der Waals surface area contributed by atoms with Crippen LogP contribution in [0.25, 0.3) is 5.82 Å². The van der Waals surface area contributed by atoms with E-state index < -0.39 is 0 Å². The second kappa shape index (κ2) is 7.91. The minimum absolute atomic E-state index is 0.235. The Bertz CT molecular complexity index is 817. The number of nitrogens with one attached hydrogen (secondary N) is 2. The van der Waals surface area contributed by atoms with Crippen molar-refractivity contribution in [3.05, 3.63) is 60.6 Å². The molecule has 0 aliphatic rings. The molecular weight excluding hydrogens is 320 g/mol. The van der Waals surface area contributed by atoms with Crippen molar-refractivity contribution in [2.24, 2.45) is 0 Å². The van der Waals surface area contributed by atoms with E-state index in [1.54, 1.807) is 18.3 Å². The fraction of sp³-hybridized carbons (Fsp3) is 0.176. The molecule has 1 amide bonds. The molecule has 3 aromatic heterocycles. The van der Waals surface area contributed by atoms with Gasteiger partial charge in [-0.25, -0.2) is 4.98 Å². The number of methoxy groups -OCH3 is 1. The van der Waals surface area contributed by atoms with E-state index in [1.165, 1.54) is 7.11 Å². The molecule has 8 nitrogen and oxygen atoms in total. The summed E-state index contributed by atoms with van der Waals surface area (Å²) in [5.41, 5.74) is 0.404. The van der Waals surface area contributed by atoms with E-state index in [9.17, 15) is 4.79 Å². The lowest BCUT2D eigenvalue weighted by Crippen LogP contribution is -2.29. The van der Waals surface area contributed by atoms with Gasteiger partial charge in [0, 0.05) is 31.7 Å². The normalized spacial score (nSPS) is 10.3. The number of anilines is 1. The summed E-state index contributed by atoms with van der Waals surface area (Å²) in [7, 11) is 1.48. The van der Waals surface area contributed by atoms with Crippen LogP contribution in [0.2, 0.25) is 0 Å². The molecule has 3 aromatic rings. The SMILES string of the molecule is COc1ncccc1C(=O)NCCNc1ccc(-n2cccc2)nn1. The number of nitrogens with zero attached hydrogens (tertiary/aromatic N) is 4. The van der Waals surface area contributed by atoms with Crippen LogP contribution in [0.4, 0.5) is 5.82 Å². The fourth-order valence-corrected chi connectivity index (χ4v) is 2.23. The molecule has 3 heterocycles. The van der Waals surface area contributed by atoms with Crippen molar-refractivity contribution in [2.45, 2.75) is 0 Å². The second-order valence-corrected chi connectivity index (χ2v) is 5.11. The van der Waals surface area contributed by atoms with Crippen molar-refractivity contribution in [1.82, 2.24) is 25.1 Å². The van der Waals surface area contributed by atoms with Crippen molar-refractivity contribution >= 4 is 11.7 Å². The van der Waals surface area contributed by atoms with Crippen LogP contribution in [-0.2, 0) is 0 Å². The zero-order chi connectivity index (χ0) is 17.5. The smallest absolute Gasteiger partial charge is 0.256 e. The first-order valence-corrected chi connectivity index (χ1v) is 7.76. The highest BCUT2D eigenvalue weighted by Crippen LogP contribution is 2.12. The minimum Gasteiger partial charge on any atom is -0.480 e. The average Bonchev–Trinajstić information content (AvgIpc) is 3.20. The van der Waals surface area contributed by atoms with E-state index >= 15 is 0 Å². The van der Waals surface area contributed by atoms with Crippen molar-refractivity contribution < 1.29 is 9.53 Å². The summed E-state index contributed by atoms with van der Waals surface area (Å²) in [6.45, 7) is 0.948. The third kappa shape index (κ3) is 4.11. The summed E-state index contributed by atoms with van der Waals surface area (Å²) in [5, 5.41) is 14.2. The van der Waals surface area contributed by atoms with Gasteiger partial charge in [0.05, 0.1) is 7.11 Å². The summed E-state index contributed by atoms with van der Waals surface area (Å²) < 4.78 is 6.95. The zero-order valence-corrected chi connectivity index (χ0v) is 13.7. The second-order valence-electron chi connectivity index (χ2n) is 5.11. The molecule has 0 aromatic carbocycles. The maximum Gasteiger partial charge on any atom is 0.256 e.